The molecule has 1 saturated heterocycles. The number of nitro groups is 1. The molecule has 144 valence electrons. The summed E-state index contributed by atoms with van der Waals surface area (Å²) in [5.41, 5.74) is 2.61. The molecule has 1 aliphatic heterocycles. The molecular formula is C20H27N5O2. The lowest BCUT2D eigenvalue weighted by molar-refractivity contribution is -0.384. The van der Waals surface area contributed by atoms with Crippen molar-refractivity contribution in [2.75, 3.05) is 42.9 Å². The summed E-state index contributed by atoms with van der Waals surface area (Å²) in [7, 11) is 0. The van der Waals surface area contributed by atoms with E-state index in [4.69, 9.17) is 0 Å². The average molecular weight is 369 g/mol. The zero-order chi connectivity index (χ0) is 19.2. The molecule has 0 saturated carbocycles. The highest BCUT2D eigenvalue weighted by Crippen LogP contribution is 2.22. The molecule has 1 N–H and O–H groups in total. The molecule has 2 heterocycles. The Kier molecular flexibility index (Phi) is 6.24. The number of rotatable bonds is 7. The molecule has 1 aromatic carbocycles. The van der Waals surface area contributed by atoms with Gasteiger partial charge in [0.2, 0.25) is 5.82 Å². The largest absolute Gasteiger partial charge is 0.369 e. The Hall–Kier alpha value is -2.67. The minimum absolute atomic E-state index is 0.0242. The molecule has 27 heavy (non-hydrogen) atoms. The lowest BCUT2D eigenvalue weighted by Gasteiger charge is -2.36. The summed E-state index contributed by atoms with van der Waals surface area (Å²) in [6.45, 7) is 9.25. The molecule has 7 nitrogen and oxygen atoms in total. The van der Waals surface area contributed by atoms with Crippen molar-refractivity contribution in [2.45, 2.75) is 26.3 Å². The van der Waals surface area contributed by atoms with Crippen LogP contribution in [-0.4, -0.2) is 53.6 Å². The van der Waals surface area contributed by atoms with Gasteiger partial charge in [-0.05, 0) is 44.0 Å². The topological polar surface area (TPSA) is 74.5 Å². The van der Waals surface area contributed by atoms with Crippen LogP contribution in [0.15, 0.2) is 42.6 Å². The van der Waals surface area contributed by atoms with E-state index in [1.54, 1.807) is 12.3 Å². The van der Waals surface area contributed by atoms with Crippen molar-refractivity contribution in [3.8, 4) is 0 Å². The van der Waals surface area contributed by atoms with Crippen LogP contribution in [0.5, 0.6) is 0 Å². The van der Waals surface area contributed by atoms with E-state index >= 15 is 0 Å². The number of pyridine rings is 1. The predicted octanol–water partition coefficient (Wildman–Crippen LogP) is 3.31. The van der Waals surface area contributed by atoms with Gasteiger partial charge >= 0.3 is 5.69 Å². The second kappa shape index (κ2) is 8.81. The monoisotopic (exact) mass is 369 g/mol. The Morgan fingerprint density at radius 3 is 2.70 bits per heavy atom. The highest BCUT2D eigenvalue weighted by molar-refractivity contribution is 5.55. The van der Waals surface area contributed by atoms with E-state index in [-0.39, 0.29) is 11.7 Å². The third-order valence-corrected chi connectivity index (χ3v) is 4.98. The summed E-state index contributed by atoms with van der Waals surface area (Å²) in [5.74, 6) is 0.347. The molecular weight excluding hydrogens is 342 g/mol. The van der Waals surface area contributed by atoms with Gasteiger partial charge in [-0.2, -0.15) is 0 Å². The van der Waals surface area contributed by atoms with Gasteiger partial charge in [0.15, 0.2) is 0 Å². The maximum Gasteiger partial charge on any atom is 0.311 e. The number of aromatic nitrogens is 1. The number of benzene rings is 1. The quantitative estimate of drug-likeness (QED) is 0.596. The van der Waals surface area contributed by atoms with Crippen molar-refractivity contribution in [2.24, 2.45) is 0 Å². The standard InChI is InChI=1S/C20H27N5O2/c1-16-5-3-6-18(15-16)24-13-11-23(12-14-24)10-8-17(2)22-20-19(25(26)27)7-4-9-21-20/h3-7,9,15,17H,8,10-14H2,1-2H3,(H,21,22). The third-order valence-electron chi connectivity index (χ3n) is 4.98. The number of aryl methyl sites for hydroxylation is 1. The minimum atomic E-state index is -0.396. The molecule has 0 amide bonds. The maximum absolute atomic E-state index is 11.1. The highest BCUT2D eigenvalue weighted by atomic mass is 16.6. The van der Waals surface area contributed by atoms with Gasteiger partial charge < -0.3 is 10.2 Å². The summed E-state index contributed by atoms with van der Waals surface area (Å²) in [6.07, 6.45) is 2.49. The molecule has 7 heteroatoms. The summed E-state index contributed by atoms with van der Waals surface area (Å²) >= 11 is 0. The van der Waals surface area contributed by atoms with Crippen LogP contribution in [0.25, 0.3) is 0 Å². The van der Waals surface area contributed by atoms with Gasteiger partial charge in [0.1, 0.15) is 0 Å². The molecule has 1 fully saturated rings. The van der Waals surface area contributed by atoms with Crippen molar-refractivity contribution < 1.29 is 4.92 Å². The van der Waals surface area contributed by atoms with Crippen molar-refractivity contribution in [1.29, 1.82) is 0 Å². The van der Waals surface area contributed by atoms with Crippen molar-refractivity contribution in [1.82, 2.24) is 9.88 Å². The molecule has 1 unspecified atom stereocenters. The van der Waals surface area contributed by atoms with E-state index in [2.05, 4.69) is 51.3 Å². The van der Waals surface area contributed by atoms with E-state index in [1.165, 1.54) is 17.3 Å². The second-order valence-corrected chi connectivity index (χ2v) is 7.13. The lowest BCUT2D eigenvalue weighted by atomic mass is 10.1. The molecule has 1 aliphatic rings. The van der Waals surface area contributed by atoms with Gasteiger partial charge in [-0.3, -0.25) is 15.0 Å². The van der Waals surface area contributed by atoms with E-state index in [9.17, 15) is 10.1 Å². The molecule has 0 spiro atoms. The average Bonchev–Trinajstić information content (AvgIpc) is 2.67. The van der Waals surface area contributed by atoms with Gasteiger partial charge in [-0.1, -0.05) is 12.1 Å². The molecule has 0 bridgehead atoms. The van der Waals surface area contributed by atoms with Gasteiger partial charge in [-0.25, -0.2) is 4.98 Å². The van der Waals surface area contributed by atoms with Crippen LogP contribution in [0.3, 0.4) is 0 Å². The number of hydrogen-bond acceptors (Lipinski definition) is 6. The van der Waals surface area contributed by atoms with Crippen molar-refractivity contribution in [3.63, 3.8) is 0 Å². The Morgan fingerprint density at radius 2 is 2.00 bits per heavy atom. The first-order valence-electron chi connectivity index (χ1n) is 9.43. The van der Waals surface area contributed by atoms with E-state index in [0.717, 1.165) is 39.1 Å². The number of anilines is 2. The molecule has 1 aromatic heterocycles. The number of hydrogen-bond donors (Lipinski definition) is 1. The summed E-state index contributed by atoms with van der Waals surface area (Å²) < 4.78 is 0. The summed E-state index contributed by atoms with van der Waals surface area (Å²) in [6, 6.07) is 11.8. The first-order chi connectivity index (χ1) is 13.0. The zero-order valence-corrected chi connectivity index (χ0v) is 16.0. The number of nitrogens with zero attached hydrogens (tertiary/aromatic N) is 4. The minimum Gasteiger partial charge on any atom is -0.369 e. The SMILES string of the molecule is Cc1cccc(N2CCN(CCC(C)Nc3ncccc3[N+](=O)[O-])CC2)c1. The molecule has 1 atom stereocenters. The maximum atomic E-state index is 11.1. The van der Waals surface area contributed by atoms with Crippen molar-refractivity contribution in [3.05, 3.63) is 58.3 Å². The number of piperazine rings is 1. The Morgan fingerprint density at radius 1 is 1.22 bits per heavy atom. The first kappa shape index (κ1) is 19.1. The van der Waals surface area contributed by atoms with Crippen LogP contribution in [-0.2, 0) is 0 Å². The van der Waals surface area contributed by atoms with E-state index in [0.29, 0.717) is 5.82 Å². The number of nitrogens with one attached hydrogen (secondary N) is 1. The smallest absolute Gasteiger partial charge is 0.311 e. The predicted molar refractivity (Wildman–Crippen MR) is 108 cm³/mol. The third kappa shape index (κ3) is 5.17. The first-order valence-corrected chi connectivity index (χ1v) is 9.43. The van der Waals surface area contributed by atoms with Crippen molar-refractivity contribution >= 4 is 17.2 Å². The van der Waals surface area contributed by atoms with Gasteiger partial charge in [0.05, 0.1) is 4.92 Å². The van der Waals surface area contributed by atoms with E-state index in [1.807, 2.05) is 6.92 Å². The molecule has 0 radical (unpaired) electrons. The Bertz CT molecular complexity index is 774. The van der Waals surface area contributed by atoms with Gasteiger partial charge in [-0.15, -0.1) is 0 Å². The summed E-state index contributed by atoms with van der Waals surface area (Å²) in [4.78, 5) is 19.7. The lowest BCUT2D eigenvalue weighted by Crippen LogP contribution is -2.47. The highest BCUT2D eigenvalue weighted by Gasteiger charge is 2.19. The van der Waals surface area contributed by atoms with Crippen LogP contribution in [0.1, 0.15) is 18.9 Å². The fourth-order valence-corrected chi connectivity index (χ4v) is 3.39. The Balaban J connectivity index is 1.45. The fourth-order valence-electron chi connectivity index (χ4n) is 3.39. The molecule has 3 rings (SSSR count). The molecule has 2 aromatic rings. The molecule has 0 aliphatic carbocycles. The van der Waals surface area contributed by atoms with E-state index < -0.39 is 4.92 Å². The second-order valence-electron chi connectivity index (χ2n) is 7.13. The Labute approximate surface area is 160 Å². The van der Waals surface area contributed by atoms with Crippen LogP contribution in [0.2, 0.25) is 0 Å². The van der Waals surface area contributed by atoms with Crippen LogP contribution >= 0.6 is 0 Å². The fraction of sp³-hybridized carbons (Fsp3) is 0.450. The van der Waals surface area contributed by atoms with Gasteiger partial charge in [0.25, 0.3) is 0 Å². The zero-order valence-electron chi connectivity index (χ0n) is 16.0. The van der Waals surface area contributed by atoms with Crippen LogP contribution in [0, 0.1) is 17.0 Å². The normalized spacial score (nSPS) is 16.1. The van der Waals surface area contributed by atoms with Gasteiger partial charge in [0, 0.05) is 56.7 Å². The summed E-state index contributed by atoms with van der Waals surface area (Å²) in [5, 5.41) is 14.3. The van der Waals surface area contributed by atoms with Crippen LogP contribution < -0.4 is 10.2 Å². The van der Waals surface area contributed by atoms with Crippen LogP contribution in [0.4, 0.5) is 17.2 Å².